The molecular weight excluding hydrogens is 336 g/mol. The summed E-state index contributed by atoms with van der Waals surface area (Å²) >= 11 is 0. The molecule has 0 bridgehead atoms. The predicted molar refractivity (Wildman–Crippen MR) is 109 cm³/mol. The van der Waals surface area contributed by atoms with Crippen LogP contribution < -0.4 is 10.6 Å². The van der Waals surface area contributed by atoms with Gasteiger partial charge in [-0.1, -0.05) is 54.8 Å². The summed E-state index contributed by atoms with van der Waals surface area (Å²) in [4.78, 5) is 24.3. The third-order valence-electron chi connectivity index (χ3n) is 4.86. The SMILES string of the molecule is Cc1cccc(/C=C/C(=O)NCc2cccc(NC(=O)C3CCCC3)c2)c1. The zero-order valence-electron chi connectivity index (χ0n) is 15.7. The van der Waals surface area contributed by atoms with Gasteiger partial charge in [0.2, 0.25) is 11.8 Å². The fourth-order valence-electron chi connectivity index (χ4n) is 3.39. The maximum atomic E-state index is 12.2. The quantitative estimate of drug-likeness (QED) is 0.746. The number of nitrogens with one attached hydrogen (secondary N) is 2. The first kappa shape index (κ1) is 18.9. The zero-order chi connectivity index (χ0) is 19.1. The summed E-state index contributed by atoms with van der Waals surface area (Å²) in [5.74, 6) is 0.104. The highest BCUT2D eigenvalue weighted by Gasteiger charge is 2.22. The fraction of sp³-hybridized carbons (Fsp3) is 0.304. The number of hydrogen-bond acceptors (Lipinski definition) is 2. The van der Waals surface area contributed by atoms with Crippen LogP contribution in [0.4, 0.5) is 5.69 Å². The summed E-state index contributed by atoms with van der Waals surface area (Å²) < 4.78 is 0. The minimum absolute atomic E-state index is 0.106. The first-order valence-corrected chi connectivity index (χ1v) is 9.52. The highest BCUT2D eigenvalue weighted by Crippen LogP contribution is 2.26. The number of benzene rings is 2. The molecular formula is C23H26N2O2. The second kappa shape index (κ2) is 9.17. The maximum absolute atomic E-state index is 12.2. The molecule has 0 atom stereocenters. The van der Waals surface area contributed by atoms with E-state index in [1.54, 1.807) is 12.2 Å². The van der Waals surface area contributed by atoms with Gasteiger partial charge in [0.05, 0.1) is 0 Å². The zero-order valence-corrected chi connectivity index (χ0v) is 15.7. The van der Waals surface area contributed by atoms with Crippen molar-refractivity contribution < 1.29 is 9.59 Å². The number of carbonyl (C=O) groups is 2. The average molecular weight is 362 g/mol. The summed E-state index contributed by atoms with van der Waals surface area (Å²) in [7, 11) is 0. The molecule has 0 unspecified atom stereocenters. The molecule has 0 radical (unpaired) electrons. The molecule has 2 aromatic carbocycles. The van der Waals surface area contributed by atoms with E-state index in [2.05, 4.69) is 10.6 Å². The van der Waals surface area contributed by atoms with Crippen molar-refractivity contribution in [3.05, 3.63) is 71.3 Å². The molecule has 0 spiro atoms. The van der Waals surface area contributed by atoms with Gasteiger partial charge in [0.25, 0.3) is 0 Å². The molecule has 4 nitrogen and oxygen atoms in total. The van der Waals surface area contributed by atoms with Gasteiger partial charge in [-0.3, -0.25) is 9.59 Å². The predicted octanol–water partition coefficient (Wildman–Crippen LogP) is 4.45. The molecule has 1 aliphatic rings. The second-order valence-corrected chi connectivity index (χ2v) is 7.14. The highest BCUT2D eigenvalue weighted by atomic mass is 16.2. The van der Waals surface area contributed by atoms with Gasteiger partial charge in [-0.2, -0.15) is 0 Å². The van der Waals surface area contributed by atoms with Crippen molar-refractivity contribution in [2.24, 2.45) is 5.92 Å². The third kappa shape index (κ3) is 5.81. The first-order valence-electron chi connectivity index (χ1n) is 9.52. The van der Waals surface area contributed by atoms with E-state index in [1.165, 1.54) is 0 Å². The number of carbonyl (C=O) groups excluding carboxylic acids is 2. The van der Waals surface area contributed by atoms with Crippen LogP contribution in [0.25, 0.3) is 6.08 Å². The van der Waals surface area contributed by atoms with Gasteiger partial charge in [-0.05, 0) is 49.1 Å². The summed E-state index contributed by atoms with van der Waals surface area (Å²) in [5, 5.41) is 5.88. The Kier molecular flexibility index (Phi) is 6.42. The summed E-state index contributed by atoms with van der Waals surface area (Å²) in [6.07, 6.45) is 7.59. The van der Waals surface area contributed by atoms with Crippen molar-refractivity contribution in [1.29, 1.82) is 0 Å². The van der Waals surface area contributed by atoms with Crippen molar-refractivity contribution >= 4 is 23.6 Å². The molecule has 1 saturated carbocycles. The van der Waals surface area contributed by atoms with Gasteiger partial charge in [-0.15, -0.1) is 0 Å². The van der Waals surface area contributed by atoms with Crippen LogP contribution >= 0.6 is 0 Å². The topological polar surface area (TPSA) is 58.2 Å². The van der Waals surface area contributed by atoms with E-state index in [0.29, 0.717) is 6.54 Å². The fourth-order valence-corrected chi connectivity index (χ4v) is 3.39. The highest BCUT2D eigenvalue weighted by molar-refractivity contribution is 5.93. The lowest BCUT2D eigenvalue weighted by molar-refractivity contribution is -0.119. The lowest BCUT2D eigenvalue weighted by atomic mass is 10.1. The number of rotatable bonds is 6. The van der Waals surface area contributed by atoms with Crippen molar-refractivity contribution in [3.63, 3.8) is 0 Å². The Morgan fingerprint density at radius 1 is 1.07 bits per heavy atom. The molecule has 0 aromatic heterocycles. The van der Waals surface area contributed by atoms with Crippen LogP contribution in [0.1, 0.15) is 42.4 Å². The average Bonchev–Trinajstić information content (AvgIpc) is 3.20. The van der Waals surface area contributed by atoms with Gasteiger partial charge in [0, 0.05) is 24.2 Å². The monoisotopic (exact) mass is 362 g/mol. The minimum Gasteiger partial charge on any atom is -0.348 e. The lowest BCUT2D eigenvalue weighted by Gasteiger charge is -2.11. The number of aryl methyl sites for hydroxylation is 1. The van der Waals surface area contributed by atoms with Crippen LogP contribution in [-0.2, 0) is 16.1 Å². The largest absolute Gasteiger partial charge is 0.348 e. The third-order valence-corrected chi connectivity index (χ3v) is 4.86. The van der Waals surface area contributed by atoms with Gasteiger partial charge >= 0.3 is 0 Å². The van der Waals surface area contributed by atoms with Gasteiger partial charge in [0.1, 0.15) is 0 Å². The Morgan fingerprint density at radius 2 is 1.85 bits per heavy atom. The number of amides is 2. The first-order chi connectivity index (χ1) is 13.1. The summed E-state index contributed by atoms with van der Waals surface area (Å²) in [5.41, 5.74) is 3.90. The Labute approximate surface area is 160 Å². The van der Waals surface area contributed by atoms with Crippen LogP contribution in [0.2, 0.25) is 0 Å². The van der Waals surface area contributed by atoms with Gasteiger partial charge in [0.15, 0.2) is 0 Å². The molecule has 2 amide bonds. The summed E-state index contributed by atoms with van der Waals surface area (Å²) in [6, 6.07) is 15.6. The van der Waals surface area contributed by atoms with Crippen molar-refractivity contribution in [2.45, 2.75) is 39.2 Å². The van der Waals surface area contributed by atoms with Crippen LogP contribution in [0, 0.1) is 12.8 Å². The molecule has 140 valence electrons. The Morgan fingerprint density at radius 3 is 2.63 bits per heavy atom. The van der Waals surface area contributed by atoms with E-state index < -0.39 is 0 Å². The molecule has 0 heterocycles. The van der Waals surface area contributed by atoms with Crippen molar-refractivity contribution in [1.82, 2.24) is 5.32 Å². The maximum Gasteiger partial charge on any atom is 0.244 e. The van der Waals surface area contributed by atoms with E-state index in [4.69, 9.17) is 0 Å². The Hall–Kier alpha value is -2.88. The molecule has 2 N–H and O–H groups in total. The van der Waals surface area contributed by atoms with E-state index >= 15 is 0 Å². The Bertz CT molecular complexity index is 836. The Balaban J connectivity index is 1.51. The standard InChI is InChI=1S/C23H26N2O2/c1-17-6-4-7-18(14-17)12-13-22(26)24-16-19-8-5-11-21(15-19)25-23(27)20-9-2-3-10-20/h4-8,11-15,20H,2-3,9-10,16H2,1H3,(H,24,26)(H,25,27)/b13-12+. The molecule has 4 heteroatoms. The van der Waals surface area contributed by atoms with Crippen LogP contribution in [0.15, 0.2) is 54.6 Å². The lowest BCUT2D eigenvalue weighted by Crippen LogP contribution is -2.21. The number of hydrogen-bond donors (Lipinski definition) is 2. The second-order valence-electron chi connectivity index (χ2n) is 7.14. The van der Waals surface area contributed by atoms with Crippen molar-refractivity contribution in [3.8, 4) is 0 Å². The smallest absolute Gasteiger partial charge is 0.244 e. The molecule has 27 heavy (non-hydrogen) atoms. The van der Waals surface area contributed by atoms with Crippen molar-refractivity contribution in [2.75, 3.05) is 5.32 Å². The van der Waals surface area contributed by atoms with E-state index in [0.717, 1.165) is 48.1 Å². The molecule has 1 aliphatic carbocycles. The van der Waals surface area contributed by atoms with E-state index in [9.17, 15) is 9.59 Å². The van der Waals surface area contributed by atoms with Gasteiger partial charge < -0.3 is 10.6 Å². The normalized spacial score (nSPS) is 14.4. The van der Waals surface area contributed by atoms with Crippen LogP contribution in [0.3, 0.4) is 0 Å². The van der Waals surface area contributed by atoms with Crippen LogP contribution in [0.5, 0.6) is 0 Å². The summed E-state index contributed by atoms with van der Waals surface area (Å²) in [6.45, 7) is 2.44. The van der Waals surface area contributed by atoms with E-state index in [1.807, 2.05) is 55.5 Å². The number of anilines is 1. The molecule has 0 saturated heterocycles. The molecule has 3 rings (SSSR count). The molecule has 1 fully saturated rings. The van der Waals surface area contributed by atoms with Gasteiger partial charge in [-0.25, -0.2) is 0 Å². The van der Waals surface area contributed by atoms with E-state index in [-0.39, 0.29) is 17.7 Å². The minimum atomic E-state index is -0.142. The molecule has 2 aromatic rings. The molecule has 0 aliphatic heterocycles. The van der Waals surface area contributed by atoms with Crippen LogP contribution in [-0.4, -0.2) is 11.8 Å².